The van der Waals surface area contributed by atoms with Gasteiger partial charge in [-0.15, -0.1) is 11.3 Å². The topological polar surface area (TPSA) is 86.9 Å². The summed E-state index contributed by atoms with van der Waals surface area (Å²) in [7, 11) is -1.75. The van der Waals surface area contributed by atoms with Crippen LogP contribution in [0.25, 0.3) is 0 Å². The molecule has 0 fully saturated rings. The van der Waals surface area contributed by atoms with Gasteiger partial charge in [-0.05, 0) is 24.9 Å². The number of nitrogens with zero attached hydrogens (tertiary/aromatic N) is 1. The Morgan fingerprint density at radius 3 is 2.90 bits per heavy atom. The maximum Gasteiger partial charge on any atom is 0.242 e. The Labute approximate surface area is 122 Å². The van der Waals surface area contributed by atoms with Gasteiger partial charge >= 0.3 is 0 Å². The van der Waals surface area contributed by atoms with Gasteiger partial charge in [0.25, 0.3) is 0 Å². The molecular weight excluding hydrogens is 296 g/mol. The molecule has 8 heteroatoms. The third-order valence-electron chi connectivity index (χ3n) is 2.89. The van der Waals surface area contributed by atoms with Gasteiger partial charge in [0.15, 0.2) is 0 Å². The normalized spacial score (nSPS) is 13.5. The van der Waals surface area contributed by atoms with Crippen LogP contribution in [0.2, 0.25) is 0 Å². The summed E-state index contributed by atoms with van der Waals surface area (Å²) in [5.74, 6) is 0.626. The van der Waals surface area contributed by atoms with Crippen molar-refractivity contribution in [3.8, 4) is 0 Å². The smallest absolute Gasteiger partial charge is 0.242 e. The number of sulfonamides is 1. The molecule has 2 rings (SSSR count). The van der Waals surface area contributed by atoms with Gasteiger partial charge < -0.3 is 10.3 Å². The molecule has 0 aliphatic carbocycles. The fourth-order valence-electron chi connectivity index (χ4n) is 1.91. The van der Waals surface area contributed by atoms with Gasteiger partial charge in [0.05, 0.1) is 10.9 Å². The number of nitrogens with one attached hydrogen (secondary N) is 3. The van der Waals surface area contributed by atoms with Crippen molar-refractivity contribution in [2.24, 2.45) is 0 Å². The lowest BCUT2D eigenvalue weighted by atomic mass is 10.2. The van der Waals surface area contributed by atoms with Crippen LogP contribution < -0.4 is 10.0 Å². The Bertz CT molecular complexity index is 634. The van der Waals surface area contributed by atoms with Crippen LogP contribution in [0.3, 0.4) is 0 Å². The first-order valence-corrected chi connectivity index (χ1v) is 8.67. The van der Waals surface area contributed by atoms with Gasteiger partial charge in [0.2, 0.25) is 10.0 Å². The highest BCUT2D eigenvalue weighted by Gasteiger charge is 2.24. The van der Waals surface area contributed by atoms with E-state index in [4.69, 9.17) is 0 Å². The number of hydrogen-bond acceptors (Lipinski definition) is 5. The first-order valence-electron chi connectivity index (χ1n) is 6.31. The first-order chi connectivity index (χ1) is 9.58. The average Bonchev–Trinajstić information content (AvgIpc) is 3.07. The van der Waals surface area contributed by atoms with Crippen LogP contribution in [0.5, 0.6) is 0 Å². The van der Waals surface area contributed by atoms with Crippen molar-refractivity contribution in [2.45, 2.75) is 30.8 Å². The van der Waals surface area contributed by atoms with Gasteiger partial charge in [0, 0.05) is 23.8 Å². The molecule has 2 aromatic heterocycles. The molecule has 0 amide bonds. The number of thiophene rings is 1. The van der Waals surface area contributed by atoms with E-state index < -0.39 is 10.0 Å². The van der Waals surface area contributed by atoms with E-state index in [1.807, 2.05) is 6.92 Å². The summed E-state index contributed by atoms with van der Waals surface area (Å²) in [6.45, 7) is 2.45. The van der Waals surface area contributed by atoms with Crippen LogP contribution in [0, 0.1) is 0 Å². The van der Waals surface area contributed by atoms with Crippen LogP contribution in [0.1, 0.15) is 30.1 Å². The third kappa shape index (κ3) is 3.26. The Morgan fingerprint density at radius 1 is 1.50 bits per heavy atom. The maximum absolute atomic E-state index is 12.5. The molecule has 110 valence electrons. The zero-order chi connectivity index (χ0) is 14.6. The van der Waals surface area contributed by atoms with Gasteiger partial charge in [-0.25, -0.2) is 18.1 Å². The van der Waals surface area contributed by atoms with E-state index in [1.54, 1.807) is 30.9 Å². The molecule has 3 N–H and O–H groups in total. The molecule has 0 radical (unpaired) electrons. The van der Waals surface area contributed by atoms with E-state index in [-0.39, 0.29) is 6.04 Å². The second kappa shape index (κ2) is 6.49. The quantitative estimate of drug-likeness (QED) is 0.725. The number of aromatic amines is 1. The van der Waals surface area contributed by atoms with E-state index in [0.717, 1.165) is 4.88 Å². The van der Waals surface area contributed by atoms with E-state index in [9.17, 15) is 8.42 Å². The van der Waals surface area contributed by atoms with Gasteiger partial charge in [-0.3, -0.25) is 0 Å². The van der Waals surface area contributed by atoms with E-state index in [2.05, 4.69) is 20.0 Å². The minimum atomic E-state index is -3.55. The number of H-pyrrole nitrogens is 1. The number of rotatable bonds is 7. The summed E-state index contributed by atoms with van der Waals surface area (Å²) in [5.41, 5.74) is 0. The summed E-state index contributed by atoms with van der Waals surface area (Å²) in [6, 6.07) is 1.28. The van der Waals surface area contributed by atoms with Crippen LogP contribution in [0.4, 0.5) is 0 Å². The molecule has 1 atom stereocenters. The lowest BCUT2D eigenvalue weighted by Gasteiger charge is -2.15. The fraction of sp³-hybridized carbons (Fsp3) is 0.417. The van der Waals surface area contributed by atoms with Crippen molar-refractivity contribution >= 4 is 21.4 Å². The van der Waals surface area contributed by atoms with Crippen molar-refractivity contribution in [1.82, 2.24) is 20.0 Å². The predicted octanol–water partition coefficient (Wildman–Crippen LogP) is 1.62. The lowest BCUT2D eigenvalue weighted by Crippen LogP contribution is -2.29. The first kappa shape index (κ1) is 15.2. The molecule has 0 aromatic carbocycles. The molecule has 0 bridgehead atoms. The minimum absolute atomic E-state index is 0.335. The number of hydrogen-bond donors (Lipinski definition) is 3. The second-order valence-electron chi connectivity index (χ2n) is 4.29. The molecule has 0 saturated carbocycles. The number of aromatic nitrogens is 2. The van der Waals surface area contributed by atoms with Gasteiger partial charge in [-0.1, -0.05) is 6.92 Å². The highest BCUT2D eigenvalue weighted by Crippen LogP contribution is 2.24. The van der Waals surface area contributed by atoms with Crippen LogP contribution in [-0.4, -0.2) is 25.4 Å². The Balaban J connectivity index is 2.24. The lowest BCUT2D eigenvalue weighted by molar-refractivity contribution is 0.538. The summed E-state index contributed by atoms with van der Waals surface area (Å²) < 4.78 is 27.7. The van der Waals surface area contributed by atoms with Crippen molar-refractivity contribution < 1.29 is 8.42 Å². The molecule has 0 saturated heterocycles. The largest absolute Gasteiger partial charge is 0.347 e. The molecule has 0 spiro atoms. The SMILES string of the molecule is CCC(NS(=O)(=O)c1ccsc1CNC)c1ncc[nH]1. The summed E-state index contributed by atoms with van der Waals surface area (Å²) >= 11 is 1.43. The number of imidazole rings is 1. The van der Waals surface area contributed by atoms with E-state index in [0.29, 0.717) is 23.7 Å². The molecule has 0 aliphatic rings. The molecule has 2 heterocycles. The molecule has 1 unspecified atom stereocenters. The van der Waals surface area contributed by atoms with E-state index in [1.165, 1.54) is 11.3 Å². The summed E-state index contributed by atoms with van der Waals surface area (Å²) in [5, 5.41) is 4.76. The Kier molecular flexibility index (Phi) is 4.92. The zero-order valence-corrected chi connectivity index (χ0v) is 13.0. The zero-order valence-electron chi connectivity index (χ0n) is 11.4. The average molecular weight is 314 g/mol. The fourth-order valence-corrected chi connectivity index (χ4v) is 4.65. The monoisotopic (exact) mass is 314 g/mol. The van der Waals surface area contributed by atoms with Crippen LogP contribution in [-0.2, 0) is 16.6 Å². The van der Waals surface area contributed by atoms with Crippen molar-refractivity contribution in [3.63, 3.8) is 0 Å². The summed E-state index contributed by atoms with van der Waals surface area (Å²) in [4.78, 5) is 8.20. The summed E-state index contributed by atoms with van der Waals surface area (Å²) in [6.07, 6.45) is 3.92. The molecule has 6 nitrogen and oxygen atoms in total. The molecule has 0 aliphatic heterocycles. The molecular formula is C12H18N4O2S2. The van der Waals surface area contributed by atoms with Crippen molar-refractivity contribution in [1.29, 1.82) is 0 Å². The molecule has 2 aromatic rings. The Morgan fingerprint density at radius 2 is 2.30 bits per heavy atom. The maximum atomic E-state index is 12.5. The predicted molar refractivity (Wildman–Crippen MR) is 79.0 cm³/mol. The van der Waals surface area contributed by atoms with Gasteiger partial charge in [0.1, 0.15) is 5.82 Å². The van der Waals surface area contributed by atoms with Crippen molar-refractivity contribution in [2.75, 3.05) is 7.05 Å². The highest BCUT2D eigenvalue weighted by atomic mass is 32.2. The van der Waals surface area contributed by atoms with Gasteiger partial charge in [-0.2, -0.15) is 0 Å². The molecule has 20 heavy (non-hydrogen) atoms. The van der Waals surface area contributed by atoms with E-state index >= 15 is 0 Å². The standard InChI is InChI=1S/C12H18N4O2S2/c1-3-9(12-14-5-6-15-12)16-20(17,18)11-4-7-19-10(11)8-13-2/h4-7,9,13,16H,3,8H2,1-2H3,(H,14,15). The Hall–Kier alpha value is -1.22. The van der Waals surface area contributed by atoms with Crippen molar-refractivity contribution in [3.05, 3.63) is 34.5 Å². The second-order valence-corrected chi connectivity index (χ2v) is 6.98. The highest BCUT2D eigenvalue weighted by molar-refractivity contribution is 7.89. The minimum Gasteiger partial charge on any atom is -0.347 e. The third-order valence-corrected chi connectivity index (χ3v) is 5.49. The van der Waals surface area contributed by atoms with Crippen LogP contribution in [0.15, 0.2) is 28.7 Å². The van der Waals surface area contributed by atoms with Crippen LogP contribution >= 0.6 is 11.3 Å².